The van der Waals surface area contributed by atoms with Gasteiger partial charge in [0.2, 0.25) is 5.78 Å². The molecule has 0 fully saturated rings. The molecule has 0 saturated carbocycles. The Bertz CT molecular complexity index is 619. The Morgan fingerprint density at radius 2 is 1.89 bits per heavy atom. The molecule has 0 atom stereocenters. The van der Waals surface area contributed by atoms with E-state index in [1.54, 1.807) is 26.4 Å². The smallest absolute Gasteiger partial charge is 0.210 e. The first-order valence-electron chi connectivity index (χ1n) is 5.58. The number of hydrogen-bond donors (Lipinski definition) is 0. The molecule has 2 aromatic rings. The summed E-state index contributed by atoms with van der Waals surface area (Å²) in [5.41, 5.74) is 1.55. The van der Waals surface area contributed by atoms with Gasteiger partial charge in [-0.15, -0.1) is 11.3 Å². The van der Waals surface area contributed by atoms with Crippen molar-refractivity contribution in [3.05, 3.63) is 44.1 Å². The maximum Gasteiger partial charge on any atom is 0.210 e. The van der Waals surface area contributed by atoms with Crippen molar-refractivity contribution in [2.24, 2.45) is 0 Å². The predicted octanol–water partition coefficient (Wildman–Crippen LogP) is 4.07. The lowest BCUT2D eigenvalue weighted by Crippen LogP contribution is -2.04. The number of ether oxygens (including phenoxy) is 2. The van der Waals surface area contributed by atoms with E-state index >= 15 is 0 Å². The van der Waals surface area contributed by atoms with Gasteiger partial charge in [-0.3, -0.25) is 4.79 Å². The average molecular weight is 341 g/mol. The molecule has 5 heteroatoms. The van der Waals surface area contributed by atoms with Crippen LogP contribution >= 0.6 is 27.3 Å². The molecule has 3 nitrogen and oxygen atoms in total. The lowest BCUT2D eigenvalue weighted by molar-refractivity contribution is 0.103. The average Bonchev–Trinajstić information content (AvgIpc) is 2.88. The number of hydrogen-bond acceptors (Lipinski definition) is 4. The largest absolute Gasteiger partial charge is 0.496 e. The van der Waals surface area contributed by atoms with Crippen LogP contribution in [0, 0.1) is 6.92 Å². The van der Waals surface area contributed by atoms with E-state index in [1.165, 1.54) is 11.3 Å². The second-order valence-electron chi connectivity index (χ2n) is 3.95. The third-order valence-corrected chi connectivity index (χ3v) is 4.53. The highest BCUT2D eigenvalue weighted by molar-refractivity contribution is 9.10. The van der Waals surface area contributed by atoms with Gasteiger partial charge in [0.15, 0.2) is 0 Å². The Balaban J connectivity index is 2.52. The molecule has 0 N–H and O–H groups in total. The van der Waals surface area contributed by atoms with E-state index in [0.717, 1.165) is 10.0 Å². The van der Waals surface area contributed by atoms with Gasteiger partial charge in [-0.1, -0.05) is 15.9 Å². The fraction of sp³-hybridized carbons (Fsp3) is 0.214. The van der Waals surface area contributed by atoms with Gasteiger partial charge in [0.05, 0.1) is 19.8 Å². The number of benzene rings is 1. The van der Waals surface area contributed by atoms with Crippen LogP contribution in [0.2, 0.25) is 0 Å². The highest BCUT2D eigenvalue weighted by atomic mass is 79.9. The fourth-order valence-corrected chi connectivity index (χ4v) is 2.90. The quantitative estimate of drug-likeness (QED) is 0.787. The fourth-order valence-electron chi connectivity index (χ4n) is 1.75. The minimum Gasteiger partial charge on any atom is -0.496 e. The number of carbonyl (C=O) groups excluding carboxylic acids is 1. The van der Waals surface area contributed by atoms with Crippen LogP contribution in [0.25, 0.3) is 0 Å². The van der Waals surface area contributed by atoms with E-state index in [1.807, 2.05) is 18.4 Å². The Hall–Kier alpha value is -1.33. The number of rotatable bonds is 4. The van der Waals surface area contributed by atoms with E-state index in [4.69, 9.17) is 9.47 Å². The van der Waals surface area contributed by atoms with Gasteiger partial charge >= 0.3 is 0 Å². The monoisotopic (exact) mass is 340 g/mol. The molecule has 0 bridgehead atoms. The molecule has 0 aliphatic carbocycles. The van der Waals surface area contributed by atoms with Crippen molar-refractivity contribution < 1.29 is 14.3 Å². The molecule has 0 unspecified atom stereocenters. The molecule has 1 heterocycles. The van der Waals surface area contributed by atoms with Crippen molar-refractivity contribution in [2.75, 3.05) is 14.2 Å². The molecule has 2 rings (SSSR count). The normalized spacial score (nSPS) is 10.3. The molecule has 100 valence electrons. The number of methoxy groups -OCH3 is 2. The van der Waals surface area contributed by atoms with Gasteiger partial charge in [-0.2, -0.15) is 0 Å². The molecule has 1 aromatic heterocycles. The molecule has 0 spiro atoms. The van der Waals surface area contributed by atoms with Gasteiger partial charge < -0.3 is 9.47 Å². The molecule has 19 heavy (non-hydrogen) atoms. The summed E-state index contributed by atoms with van der Waals surface area (Å²) in [6, 6.07) is 5.42. The molecule has 0 amide bonds. The van der Waals surface area contributed by atoms with Crippen molar-refractivity contribution in [1.82, 2.24) is 0 Å². The number of thiophene rings is 1. The first-order valence-corrected chi connectivity index (χ1v) is 7.26. The Morgan fingerprint density at radius 3 is 2.53 bits per heavy atom. The highest BCUT2D eigenvalue weighted by Gasteiger charge is 2.20. The summed E-state index contributed by atoms with van der Waals surface area (Å²) in [4.78, 5) is 13.1. The standard InChI is InChI=1S/C14H13BrO3S/c1-8-6-12(18-3)9(7-10(8)15)13(16)14-11(17-2)4-5-19-14/h4-7H,1-3H3. The van der Waals surface area contributed by atoms with E-state index in [-0.39, 0.29) is 5.78 Å². The first kappa shape index (κ1) is 14.1. The van der Waals surface area contributed by atoms with Crippen molar-refractivity contribution in [3.8, 4) is 11.5 Å². The van der Waals surface area contributed by atoms with E-state index in [0.29, 0.717) is 21.9 Å². The second kappa shape index (κ2) is 5.75. The van der Waals surface area contributed by atoms with Gasteiger partial charge in [-0.05, 0) is 36.1 Å². The van der Waals surface area contributed by atoms with Crippen LogP contribution in [0.1, 0.15) is 20.8 Å². The number of ketones is 1. The zero-order valence-corrected chi connectivity index (χ0v) is 13.2. The lowest BCUT2D eigenvalue weighted by atomic mass is 10.1. The van der Waals surface area contributed by atoms with Crippen molar-refractivity contribution in [1.29, 1.82) is 0 Å². The van der Waals surface area contributed by atoms with Crippen molar-refractivity contribution in [3.63, 3.8) is 0 Å². The number of carbonyl (C=O) groups is 1. The van der Waals surface area contributed by atoms with Crippen LogP contribution in [0.15, 0.2) is 28.1 Å². The summed E-state index contributed by atoms with van der Waals surface area (Å²) < 4.78 is 11.4. The third-order valence-electron chi connectivity index (χ3n) is 2.78. The second-order valence-corrected chi connectivity index (χ2v) is 5.72. The van der Waals surface area contributed by atoms with Crippen LogP contribution in [-0.4, -0.2) is 20.0 Å². The van der Waals surface area contributed by atoms with Crippen LogP contribution in [0.5, 0.6) is 11.5 Å². The third kappa shape index (κ3) is 2.67. The molecular weight excluding hydrogens is 328 g/mol. The molecule has 1 aromatic carbocycles. The minimum atomic E-state index is -0.0931. The summed E-state index contributed by atoms with van der Waals surface area (Å²) in [6.07, 6.45) is 0. The Labute approximate surface area is 124 Å². The molecule has 0 aliphatic heterocycles. The van der Waals surface area contributed by atoms with Gasteiger partial charge in [0.1, 0.15) is 16.4 Å². The number of halogens is 1. The van der Waals surface area contributed by atoms with Crippen LogP contribution in [0.4, 0.5) is 0 Å². The zero-order chi connectivity index (χ0) is 14.0. The van der Waals surface area contributed by atoms with E-state index in [9.17, 15) is 4.79 Å². The van der Waals surface area contributed by atoms with Gasteiger partial charge in [0, 0.05) is 4.47 Å². The van der Waals surface area contributed by atoms with Crippen LogP contribution in [0.3, 0.4) is 0 Å². The summed E-state index contributed by atoms with van der Waals surface area (Å²) in [5, 5.41) is 1.84. The topological polar surface area (TPSA) is 35.5 Å². The summed E-state index contributed by atoms with van der Waals surface area (Å²) >= 11 is 4.80. The molecule has 0 radical (unpaired) electrons. The van der Waals surface area contributed by atoms with Gasteiger partial charge in [0.25, 0.3) is 0 Å². The maximum atomic E-state index is 12.6. The predicted molar refractivity (Wildman–Crippen MR) is 79.7 cm³/mol. The first-order chi connectivity index (χ1) is 9.08. The highest BCUT2D eigenvalue weighted by Crippen LogP contribution is 2.33. The SMILES string of the molecule is COc1cc(C)c(Br)cc1C(=O)c1sccc1OC. The summed E-state index contributed by atoms with van der Waals surface area (Å²) in [7, 11) is 3.12. The lowest BCUT2D eigenvalue weighted by Gasteiger charge is -2.10. The Kier molecular flexibility index (Phi) is 4.27. The zero-order valence-electron chi connectivity index (χ0n) is 10.8. The molecular formula is C14H13BrO3S. The van der Waals surface area contributed by atoms with Crippen molar-refractivity contribution in [2.45, 2.75) is 6.92 Å². The number of aryl methyl sites for hydroxylation is 1. The van der Waals surface area contributed by atoms with Crippen LogP contribution in [-0.2, 0) is 0 Å². The Morgan fingerprint density at radius 1 is 1.21 bits per heavy atom. The molecule has 0 aliphatic rings. The molecule has 0 saturated heterocycles. The summed E-state index contributed by atoms with van der Waals surface area (Å²) in [5.74, 6) is 1.07. The van der Waals surface area contributed by atoms with E-state index < -0.39 is 0 Å². The summed E-state index contributed by atoms with van der Waals surface area (Å²) in [6.45, 7) is 1.95. The van der Waals surface area contributed by atoms with Crippen molar-refractivity contribution >= 4 is 33.0 Å². The maximum absolute atomic E-state index is 12.6. The van der Waals surface area contributed by atoms with E-state index in [2.05, 4.69) is 15.9 Å². The van der Waals surface area contributed by atoms with Crippen LogP contribution < -0.4 is 9.47 Å². The van der Waals surface area contributed by atoms with Gasteiger partial charge in [-0.25, -0.2) is 0 Å². The minimum absolute atomic E-state index is 0.0931.